The van der Waals surface area contributed by atoms with Crippen LogP contribution < -0.4 is 5.56 Å². The van der Waals surface area contributed by atoms with E-state index in [2.05, 4.69) is 20.9 Å². The van der Waals surface area contributed by atoms with Crippen molar-refractivity contribution in [2.45, 2.75) is 52.1 Å². The number of carbonyl (C=O) groups is 1. The standard InChI is InChI=1S/C21H25BrN4O3/c1-12-5-6-14-17(18(12)22)19-23-16(27)11-15(26(19)24-14)13-7-9-25(10-8-13)20(28)29-21(2,3)4/h5-6,11,13H,7-10H2,1-4H3,(H,23,27). The number of piperidine rings is 1. The highest BCUT2D eigenvalue weighted by atomic mass is 79.9. The van der Waals surface area contributed by atoms with Gasteiger partial charge in [0, 0.05) is 29.5 Å². The summed E-state index contributed by atoms with van der Waals surface area (Å²) in [7, 11) is 0. The lowest BCUT2D eigenvalue weighted by atomic mass is 9.93. The molecule has 0 atom stereocenters. The normalized spacial score (nSPS) is 16.0. The van der Waals surface area contributed by atoms with Gasteiger partial charge >= 0.3 is 6.09 Å². The summed E-state index contributed by atoms with van der Waals surface area (Å²) in [6.45, 7) is 8.81. The highest BCUT2D eigenvalue weighted by molar-refractivity contribution is 9.10. The number of aryl methyl sites for hydroxylation is 1. The molecule has 1 aromatic carbocycles. The predicted molar refractivity (Wildman–Crippen MR) is 116 cm³/mol. The van der Waals surface area contributed by atoms with Crippen LogP contribution >= 0.6 is 15.9 Å². The van der Waals surface area contributed by atoms with Crippen LogP contribution in [0.4, 0.5) is 4.79 Å². The number of nitrogens with zero attached hydrogens (tertiary/aromatic N) is 3. The van der Waals surface area contributed by atoms with Gasteiger partial charge in [-0.25, -0.2) is 9.31 Å². The van der Waals surface area contributed by atoms with Crippen molar-refractivity contribution in [3.63, 3.8) is 0 Å². The van der Waals surface area contributed by atoms with Gasteiger partial charge in [-0.3, -0.25) is 4.79 Å². The van der Waals surface area contributed by atoms with Gasteiger partial charge in [-0.15, -0.1) is 0 Å². The fraction of sp³-hybridized carbons (Fsp3) is 0.476. The number of rotatable bonds is 1. The number of halogens is 1. The number of amides is 1. The quantitative estimate of drug-likeness (QED) is 0.584. The molecule has 1 N–H and O–H groups in total. The van der Waals surface area contributed by atoms with E-state index in [-0.39, 0.29) is 17.6 Å². The molecule has 1 amide bonds. The molecule has 29 heavy (non-hydrogen) atoms. The van der Waals surface area contributed by atoms with Crippen molar-refractivity contribution in [2.24, 2.45) is 0 Å². The van der Waals surface area contributed by atoms with Crippen molar-refractivity contribution in [1.82, 2.24) is 19.5 Å². The smallest absolute Gasteiger partial charge is 0.410 e. The van der Waals surface area contributed by atoms with E-state index in [9.17, 15) is 9.59 Å². The zero-order valence-electron chi connectivity index (χ0n) is 17.1. The molecule has 3 heterocycles. The van der Waals surface area contributed by atoms with E-state index in [1.807, 2.05) is 44.3 Å². The third-order valence-corrected chi connectivity index (χ3v) is 6.32. The number of aromatic nitrogens is 3. The molecule has 0 aliphatic carbocycles. The molecule has 0 unspecified atom stereocenters. The summed E-state index contributed by atoms with van der Waals surface area (Å²) in [6.07, 6.45) is 1.24. The number of benzene rings is 1. The van der Waals surface area contributed by atoms with Crippen molar-refractivity contribution in [3.05, 3.63) is 44.3 Å². The fourth-order valence-electron chi connectivity index (χ4n) is 3.87. The zero-order chi connectivity index (χ0) is 20.9. The third-order valence-electron chi connectivity index (χ3n) is 5.30. The summed E-state index contributed by atoms with van der Waals surface area (Å²) in [5, 5.41) is 5.66. The Kier molecular flexibility index (Phi) is 4.93. The molecule has 3 aromatic rings. The van der Waals surface area contributed by atoms with Crippen molar-refractivity contribution in [3.8, 4) is 0 Å². The maximum Gasteiger partial charge on any atom is 0.410 e. The first-order valence-corrected chi connectivity index (χ1v) is 10.6. The van der Waals surface area contributed by atoms with Crippen molar-refractivity contribution < 1.29 is 9.53 Å². The number of nitrogens with one attached hydrogen (secondary N) is 1. The molecule has 1 aliphatic rings. The van der Waals surface area contributed by atoms with Gasteiger partial charge in [-0.1, -0.05) is 6.07 Å². The topological polar surface area (TPSA) is 79.7 Å². The minimum atomic E-state index is -0.506. The Bertz CT molecular complexity index is 1150. The zero-order valence-corrected chi connectivity index (χ0v) is 18.7. The van der Waals surface area contributed by atoms with Crippen LogP contribution in [0.2, 0.25) is 0 Å². The Morgan fingerprint density at radius 1 is 1.28 bits per heavy atom. The van der Waals surface area contributed by atoms with Crippen molar-refractivity contribution in [1.29, 1.82) is 0 Å². The Morgan fingerprint density at radius 3 is 2.62 bits per heavy atom. The maximum absolute atomic E-state index is 12.4. The van der Waals surface area contributed by atoms with Crippen LogP contribution in [0.15, 0.2) is 27.5 Å². The second-order valence-corrected chi connectivity index (χ2v) is 9.44. The van der Waals surface area contributed by atoms with E-state index in [0.717, 1.165) is 39.5 Å². The van der Waals surface area contributed by atoms with Crippen LogP contribution in [-0.2, 0) is 4.74 Å². The SMILES string of the molecule is Cc1ccc2nn3c(C4CCN(C(=O)OC(C)(C)C)CC4)cc(=O)[nH]c3c2c1Br. The summed E-state index contributed by atoms with van der Waals surface area (Å²) in [5.41, 5.74) is 2.85. The molecule has 7 nitrogen and oxygen atoms in total. The molecule has 2 aromatic heterocycles. The van der Waals surface area contributed by atoms with Crippen LogP contribution in [0.1, 0.15) is 50.8 Å². The number of fused-ring (bicyclic) bond motifs is 3. The van der Waals surface area contributed by atoms with Crippen molar-refractivity contribution in [2.75, 3.05) is 13.1 Å². The average Bonchev–Trinajstić information content (AvgIpc) is 3.02. The Morgan fingerprint density at radius 2 is 1.97 bits per heavy atom. The van der Waals surface area contributed by atoms with Crippen LogP contribution in [0.5, 0.6) is 0 Å². The molecule has 0 spiro atoms. The highest BCUT2D eigenvalue weighted by Gasteiger charge is 2.29. The van der Waals surface area contributed by atoms with E-state index < -0.39 is 5.60 Å². The minimum Gasteiger partial charge on any atom is -0.444 e. The third kappa shape index (κ3) is 3.77. The van der Waals surface area contributed by atoms with Gasteiger partial charge < -0.3 is 14.6 Å². The number of likely N-dealkylation sites (tertiary alicyclic amines) is 1. The van der Waals surface area contributed by atoms with Crippen molar-refractivity contribution >= 4 is 38.6 Å². The van der Waals surface area contributed by atoms with Gasteiger partial charge in [-0.2, -0.15) is 5.10 Å². The summed E-state index contributed by atoms with van der Waals surface area (Å²) >= 11 is 3.64. The number of carbonyl (C=O) groups excluding carboxylic acids is 1. The first-order valence-electron chi connectivity index (χ1n) is 9.83. The van der Waals surface area contributed by atoms with E-state index in [1.165, 1.54) is 0 Å². The first kappa shape index (κ1) is 19.9. The second-order valence-electron chi connectivity index (χ2n) is 8.65. The van der Waals surface area contributed by atoms with Gasteiger partial charge in [0.25, 0.3) is 5.56 Å². The summed E-state index contributed by atoms with van der Waals surface area (Å²) in [6, 6.07) is 5.61. The van der Waals surface area contributed by atoms with E-state index >= 15 is 0 Å². The molecule has 0 radical (unpaired) electrons. The summed E-state index contributed by atoms with van der Waals surface area (Å²) < 4.78 is 8.27. The molecule has 1 fully saturated rings. The molecule has 4 rings (SSSR count). The average molecular weight is 461 g/mol. The van der Waals surface area contributed by atoms with Gasteiger partial charge in [-0.05, 0) is 68.1 Å². The van der Waals surface area contributed by atoms with E-state index in [4.69, 9.17) is 9.84 Å². The number of hydrogen-bond acceptors (Lipinski definition) is 4. The molecule has 154 valence electrons. The summed E-state index contributed by atoms with van der Waals surface area (Å²) in [4.78, 5) is 29.4. The number of hydrogen-bond donors (Lipinski definition) is 1. The molecule has 0 bridgehead atoms. The summed E-state index contributed by atoms with van der Waals surface area (Å²) in [5.74, 6) is 0.146. The number of ether oxygens (including phenoxy) is 1. The fourth-order valence-corrected chi connectivity index (χ4v) is 4.39. The first-order chi connectivity index (χ1) is 13.6. The molecule has 1 saturated heterocycles. The lowest BCUT2D eigenvalue weighted by molar-refractivity contribution is 0.0203. The second kappa shape index (κ2) is 7.16. The van der Waals surface area contributed by atoms with Gasteiger partial charge in [0.1, 0.15) is 11.2 Å². The number of aromatic amines is 1. The number of H-pyrrole nitrogens is 1. The lowest BCUT2D eigenvalue weighted by Gasteiger charge is -2.33. The monoisotopic (exact) mass is 460 g/mol. The molecular weight excluding hydrogens is 436 g/mol. The minimum absolute atomic E-state index is 0.141. The van der Waals surface area contributed by atoms with Gasteiger partial charge in [0.2, 0.25) is 0 Å². The Hall–Kier alpha value is -2.35. The van der Waals surface area contributed by atoms with Crippen LogP contribution in [0.25, 0.3) is 16.6 Å². The molecular formula is C21H25BrN4O3. The molecule has 8 heteroatoms. The van der Waals surface area contributed by atoms with Crippen LogP contribution in [-0.4, -0.2) is 44.3 Å². The lowest BCUT2D eigenvalue weighted by Crippen LogP contribution is -2.41. The predicted octanol–water partition coefficient (Wildman–Crippen LogP) is 4.36. The maximum atomic E-state index is 12.4. The Balaban J connectivity index is 1.66. The van der Waals surface area contributed by atoms with Gasteiger partial charge in [0.15, 0.2) is 0 Å². The van der Waals surface area contributed by atoms with Crippen LogP contribution in [0.3, 0.4) is 0 Å². The molecule has 1 aliphatic heterocycles. The Labute approximate surface area is 177 Å². The largest absolute Gasteiger partial charge is 0.444 e. The van der Waals surface area contributed by atoms with E-state index in [1.54, 1.807) is 11.0 Å². The molecule has 0 saturated carbocycles. The van der Waals surface area contributed by atoms with Gasteiger partial charge in [0.05, 0.1) is 16.6 Å². The van der Waals surface area contributed by atoms with Crippen LogP contribution in [0, 0.1) is 6.92 Å². The highest BCUT2D eigenvalue weighted by Crippen LogP contribution is 2.33. The van der Waals surface area contributed by atoms with E-state index in [0.29, 0.717) is 18.7 Å².